The minimum absolute atomic E-state index is 0.165. The largest absolute Gasteiger partial charge is 0.462 e. The molecule has 1 atom stereocenters. The second-order valence-corrected chi connectivity index (χ2v) is 4.62. The number of hydrogen-bond acceptors (Lipinski definition) is 7. The van der Waals surface area contributed by atoms with E-state index in [1.807, 2.05) is 0 Å². The maximum Gasteiger partial charge on any atom is 0.460 e. The molecular weight excluding hydrogens is 309 g/mol. The molecule has 1 saturated heterocycles. The molecule has 0 spiro atoms. The molecule has 0 saturated carbocycles. The minimum atomic E-state index is -5.30. The summed E-state index contributed by atoms with van der Waals surface area (Å²) in [5.74, 6) is -6.18. The zero-order chi connectivity index (χ0) is 16.5. The smallest absolute Gasteiger partial charge is 0.460 e. The number of nitrogens with zero attached hydrogens (tertiary/aromatic N) is 1. The number of ether oxygens (including phenoxy) is 3. The second-order valence-electron chi connectivity index (χ2n) is 4.62. The number of esters is 1. The molecule has 0 aliphatic carbocycles. The van der Waals surface area contributed by atoms with Gasteiger partial charge in [0, 0.05) is 13.1 Å². The van der Waals surface area contributed by atoms with Crippen LogP contribution in [0.4, 0.5) is 13.2 Å². The number of aliphatic hydroxyl groups is 1. The van der Waals surface area contributed by atoms with Crippen LogP contribution in [0.25, 0.3) is 0 Å². The predicted molar refractivity (Wildman–Crippen MR) is 65.9 cm³/mol. The first-order valence-corrected chi connectivity index (χ1v) is 6.54. The Balaban J connectivity index is 2.53. The summed E-state index contributed by atoms with van der Waals surface area (Å²) in [6, 6.07) is 0. The number of carbonyl (C=O) groups is 1. The Morgan fingerprint density at radius 3 is 2.55 bits per heavy atom. The average molecular weight is 324 g/mol. The van der Waals surface area contributed by atoms with Crippen LogP contribution in [0.3, 0.4) is 0 Å². The maximum atomic E-state index is 13.2. The lowest BCUT2D eigenvalue weighted by atomic mass is 10.0. The highest BCUT2D eigenvalue weighted by molar-refractivity contribution is 6.06. The van der Waals surface area contributed by atoms with Gasteiger partial charge >= 0.3 is 17.9 Å². The molecule has 2 aliphatic heterocycles. The second kappa shape index (κ2) is 5.76. The van der Waals surface area contributed by atoms with Crippen LogP contribution in [0.2, 0.25) is 0 Å². The third-order valence-electron chi connectivity index (χ3n) is 3.23. The Morgan fingerprint density at radius 2 is 2.05 bits per heavy atom. The Kier molecular flexibility index (Phi) is 4.34. The van der Waals surface area contributed by atoms with Crippen molar-refractivity contribution in [1.29, 1.82) is 5.41 Å². The van der Waals surface area contributed by atoms with Gasteiger partial charge in [-0.05, 0) is 6.92 Å². The van der Waals surface area contributed by atoms with Crippen molar-refractivity contribution in [3.05, 3.63) is 11.3 Å². The number of alkyl halides is 3. The summed E-state index contributed by atoms with van der Waals surface area (Å²) in [4.78, 5) is 13.3. The van der Waals surface area contributed by atoms with Crippen LogP contribution >= 0.6 is 0 Å². The van der Waals surface area contributed by atoms with Crippen molar-refractivity contribution in [1.82, 2.24) is 4.90 Å². The molecule has 0 amide bonds. The van der Waals surface area contributed by atoms with E-state index in [4.69, 9.17) is 10.1 Å². The van der Waals surface area contributed by atoms with Crippen molar-refractivity contribution in [2.75, 3.05) is 32.9 Å². The van der Waals surface area contributed by atoms with Crippen LogP contribution in [0, 0.1) is 5.41 Å². The zero-order valence-electron chi connectivity index (χ0n) is 11.7. The number of nitrogens with one attached hydrogen (secondary N) is 1. The molecule has 10 heteroatoms. The van der Waals surface area contributed by atoms with Crippen LogP contribution < -0.4 is 0 Å². The Labute approximate surface area is 123 Å². The minimum Gasteiger partial charge on any atom is -0.462 e. The average Bonchev–Trinajstić information content (AvgIpc) is 2.72. The van der Waals surface area contributed by atoms with E-state index in [0.717, 1.165) is 0 Å². The monoisotopic (exact) mass is 324 g/mol. The lowest BCUT2D eigenvalue weighted by molar-refractivity contribution is -0.317. The Morgan fingerprint density at radius 1 is 1.45 bits per heavy atom. The molecule has 0 bridgehead atoms. The van der Waals surface area contributed by atoms with Gasteiger partial charge in [0.1, 0.15) is 11.3 Å². The maximum absolute atomic E-state index is 13.2. The molecular formula is C12H15F3N2O5. The van der Waals surface area contributed by atoms with Gasteiger partial charge in [0.15, 0.2) is 0 Å². The van der Waals surface area contributed by atoms with E-state index in [-0.39, 0.29) is 32.9 Å². The first kappa shape index (κ1) is 16.6. The first-order valence-electron chi connectivity index (χ1n) is 6.54. The predicted octanol–water partition coefficient (Wildman–Crippen LogP) is 0.394. The summed E-state index contributed by atoms with van der Waals surface area (Å²) in [5.41, 5.74) is -1.53. The van der Waals surface area contributed by atoms with Crippen LogP contribution in [0.5, 0.6) is 0 Å². The van der Waals surface area contributed by atoms with Gasteiger partial charge in [-0.15, -0.1) is 0 Å². The fraction of sp³-hybridized carbons (Fsp3) is 0.667. The van der Waals surface area contributed by atoms with E-state index in [9.17, 15) is 23.1 Å². The molecule has 22 heavy (non-hydrogen) atoms. The number of carbonyl (C=O) groups excluding carboxylic acids is 1. The van der Waals surface area contributed by atoms with Gasteiger partial charge in [-0.2, -0.15) is 13.2 Å². The quantitative estimate of drug-likeness (QED) is 0.730. The molecule has 7 nitrogen and oxygen atoms in total. The van der Waals surface area contributed by atoms with Crippen LogP contribution in [0.1, 0.15) is 6.92 Å². The molecule has 2 rings (SSSR count). The summed E-state index contributed by atoms with van der Waals surface area (Å²) < 4.78 is 53.4. The van der Waals surface area contributed by atoms with E-state index in [1.54, 1.807) is 0 Å². The van der Waals surface area contributed by atoms with E-state index < -0.39 is 35.1 Å². The highest BCUT2D eigenvalue weighted by Gasteiger charge is 2.67. The molecule has 0 radical (unpaired) electrons. The fourth-order valence-corrected chi connectivity index (χ4v) is 2.25. The molecule has 0 aromatic carbocycles. The number of hydrogen-bond donors (Lipinski definition) is 2. The SMILES string of the molecule is CCOC(=O)C1=C(N2CCOCC2)C(=N)OC1(O)C(F)(F)F. The Bertz CT molecular complexity index is 513. The summed E-state index contributed by atoms with van der Waals surface area (Å²) in [5, 5.41) is 17.5. The fourth-order valence-electron chi connectivity index (χ4n) is 2.25. The van der Waals surface area contributed by atoms with Crippen molar-refractivity contribution in [2.45, 2.75) is 18.9 Å². The highest BCUT2D eigenvalue weighted by Crippen LogP contribution is 2.44. The molecule has 2 heterocycles. The molecule has 2 aliphatic rings. The summed E-state index contributed by atoms with van der Waals surface area (Å²) >= 11 is 0. The summed E-state index contributed by atoms with van der Waals surface area (Å²) in [7, 11) is 0. The zero-order valence-corrected chi connectivity index (χ0v) is 11.7. The van der Waals surface area contributed by atoms with Crippen molar-refractivity contribution >= 4 is 11.9 Å². The Hall–Kier alpha value is -1.81. The van der Waals surface area contributed by atoms with Gasteiger partial charge in [-0.25, -0.2) is 4.79 Å². The van der Waals surface area contributed by atoms with Gasteiger partial charge in [-0.1, -0.05) is 0 Å². The van der Waals surface area contributed by atoms with E-state index in [2.05, 4.69) is 9.47 Å². The van der Waals surface area contributed by atoms with Gasteiger partial charge in [-0.3, -0.25) is 5.41 Å². The first-order chi connectivity index (χ1) is 10.2. The van der Waals surface area contributed by atoms with Crippen LogP contribution in [-0.4, -0.2) is 66.7 Å². The van der Waals surface area contributed by atoms with Gasteiger partial charge in [0.25, 0.3) is 0 Å². The lowest BCUT2D eigenvalue weighted by Gasteiger charge is -2.29. The number of halogens is 3. The number of rotatable bonds is 3. The lowest BCUT2D eigenvalue weighted by Crippen LogP contribution is -2.49. The van der Waals surface area contributed by atoms with Crippen molar-refractivity contribution < 1.29 is 37.3 Å². The van der Waals surface area contributed by atoms with Gasteiger partial charge < -0.3 is 24.2 Å². The van der Waals surface area contributed by atoms with Gasteiger partial charge in [0.05, 0.1) is 19.8 Å². The third-order valence-corrected chi connectivity index (χ3v) is 3.23. The van der Waals surface area contributed by atoms with Crippen molar-refractivity contribution in [2.24, 2.45) is 0 Å². The van der Waals surface area contributed by atoms with Crippen LogP contribution in [-0.2, 0) is 19.0 Å². The molecule has 0 aromatic rings. The highest BCUT2D eigenvalue weighted by atomic mass is 19.4. The third kappa shape index (κ3) is 2.63. The van der Waals surface area contributed by atoms with E-state index in [0.29, 0.717) is 0 Å². The molecule has 0 aromatic heterocycles. The number of morpholine rings is 1. The summed E-state index contributed by atoms with van der Waals surface area (Å²) in [6.07, 6.45) is -5.30. The standard InChI is InChI=1S/C12H15F3N2O5/c1-2-21-10(18)7-8(17-3-5-20-6-4-17)9(16)22-11(7,19)12(13,14)15/h16,19H,2-6H2,1H3. The van der Waals surface area contributed by atoms with E-state index in [1.165, 1.54) is 11.8 Å². The molecule has 124 valence electrons. The summed E-state index contributed by atoms with van der Waals surface area (Å²) in [6.45, 7) is 2.01. The molecule has 1 unspecified atom stereocenters. The molecule has 1 fully saturated rings. The normalized spacial score (nSPS) is 26.2. The van der Waals surface area contributed by atoms with Crippen LogP contribution in [0.15, 0.2) is 11.3 Å². The topological polar surface area (TPSA) is 92.1 Å². The molecule has 2 N–H and O–H groups in total. The van der Waals surface area contributed by atoms with Crippen molar-refractivity contribution in [3.63, 3.8) is 0 Å². The van der Waals surface area contributed by atoms with Gasteiger partial charge in [0.2, 0.25) is 5.90 Å². The van der Waals surface area contributed by atoms with E-state index >= 15 is 0 Å². The van der Waals surface area contributed by atoms with Crippen molar-refractivity contribution in [3.8, 4) is 0 Å².